The molecule has 0 spiro atoms. The fourth-order valence-electron chi connectivity index (χ4n) is 2.80. The summed E-state index contributed by atoms with van der Waals surface area (Å²) >= 11 is 5.98. The van der Waals surface area contributed by atoms with Gasteiger partial charge in [-0.1, -0.05) is 23.3 Å². The van der Waals surface area contributed by atoms with Gasteiger partial charge < -0.3 is 10.1 Å². The lowest BCUT2D eigenvalue weighted by molar-refractivity contribution is -0.122. The number of carbonyl (C=O) groups is 1. The Morgan fingerprint density at radius 1 is 1.35 bits per heavy atom. The van der Waals surface area contributed by atoms with Crippen LogP contribution in [0.5, 0.6) is 5.75 Å². The summed E-state index contributed by atoms with van der Waals surface area (Å²) in [6.45, 7) is 2.02. The average Bonchev–Trinajstić information content (AvgIpc) is 2.62. The molecule has 2 N–H and O–H groups in total. The fraction of sp³-hybridized carbons (Fsp3) is 0.500. The van der Waals surface area contributed by atoms with E-state index in [-0.39, 0.29) is 15.8 Å². The predicted molar refractivity (Wildman–Crippen MR) is 102 cm³/mol. The number of nitrogens with one attached hydrogen (secondary N) is 2. The minimum absolute atomic E-state index is 0.0182. The third kappa shape index (κ3) is 5.72. The lowest BCUT2D eigenvalue weighted by atomic mass is 9.97. The van der Waals surface area contributed by atoms with Gasteiger partial charge in [-0.15, -0.1) is 0 Å². The number of benzene rings is 1. The lowest BCUT2D eigenvalue weighted by Gasteiger charge is -2.16. The summed E-state index contributed by atoms with van der Waals surface area (Å²) in [5.74, 6) is 0.0259. The molecule has 1 aliphatic rings. The molecule has 0 heterocycles. The number of halogens is 1. The molecular weight excluding hydrogens is 376 g/mol. The summed E-state index contributed by atoms with van der Waals surface area (Å²) in [4.78, 5) is 12.1. The topological polar surface area (TPSA) is 84.5 Å². The SMILES string of the molecule is COc1ccc(S(=O)(=O)N[C@@H](C)C(=O)NCCC2=CCCCC2)cc1Cl. The molecule has 0 saturated heterocycles. The van der Waals surface area contributed by atoms with E-state index in [1.165, 1.54) is 50.6 Å². The third-order valence-electron chi connectivity index (χ3n) is 4.29. The second-order valence-corrected chi connectivity index (χ2v) is 8.41. The van der Waals surface area contributed by atoms with Crippen molar-refractivity contribution in [2.75, 3.05) is 13.7 Å². The van der Waals surface area contributed by atoms with Crippen LogP contribution in [0.2, 0.25) is 5.02 Å². The second-order valence-electron chi connectivity index (χ2n) is 6.29. The van der Waals surface area contributed by atoms with Crippen LogP contribution in [0.3, 0.4) is 0 Å². The molecule has 144 valence electrons. The highest BCUT2D eigenvalue weighted by molar-refractivity contribution is 7.89. The molecule has 0 unspecified atom stereocenters. The van der Waals surface area contributed by atoms with E-state index in [1.807, 2.05) is 0 Å². The van der Waals surface area contributed by atoms with Crippen molar-refractivity contribution in [3.8, 4) is 5.75 Å². The van der Waals surface area contributed by atoms with Crippen LogP contribution >= 0.6 is 11.6 Å². The van der Waals surface area contributed by atoms with E-state index in [2.05, 4.69) is 16.1 Å². The van der Waals surface area contributed by atoms with E-state index >= 15 is 0 Å². The molecule has 1 aromatic carbocycles. The molecule has 1 amide bonds. The molecule has 0 radical (unpaired) electrons. The van der Waals surface area contributed by atoms with Crippen LogP contribution in [0.15, 0.2) is 34.7 Å². The first-order valence-corrected chi connectivity index (χ1v) is 10.5. The van der Waals surface area contributed by atoms with Gasteiger partial charge in [0.1, 0.15) is 5.75 Å². The zero-order valence-corrected chi connectivity index (χ0v) is 16.6. The van der Waals surface area contributed by atoms with Crippen molar-refractivity contribution < 1.29 is 17.9 Å². The van der Waals surface area contributed by atoms with Gasteiger partial charge in [0.15, 0.2) is 0 Å². The lowest BCUT2D eigenvalue weighted by Crippen LogP contribution is -2.45. The molecule has 0 bridgehead atoms. The van der Waals surface area contributed by atoms with Crippen LogP contribution in [0.25, 0.3) is 0 Å². The minimum atomic E-state index is -3.86. The van der Waals surface area contributed by atoms with Gasteiger partial charge in [0.05, 0.1) is 23.1 Å². The summed E-state index contributed by atoms with van der Waals surface area (Å²) in [6, 6.07) is 3.26. The average molecular weight is 401 g/mol. The van der Waals surface area contributed by atoms with E-state index in [0.29, 0.717) is 12.3 Å². The Balaban J connectivity index is 1.90. The predicted octanol–water partition coefficient (Wildman–Crippen LogP) is 3.02. The van der Waals surface area contributed by atoms with Crippen molar-refractivity contribution in [3.63, 3.8) is 0 Å². The van der Waals surface area contributed by atoms with Crippen LogP contribution in [0, 0.1) is 0 Å². The summed E-state index contributed by atoms with van der Waals surface area (Å²) in [5, 5.41) is 2.97. The zero-order chi connectivity index (χ0) is 19.2. The molecule has 0 fully saturated rings. The smallest absolute Gasteiger partial charge is 0.241 e. The van der Waals surface area contributed by atoms with Crippen molar-refractivity contribution in [2.24, 2.45) is 0 Å². The van der Waals surface area contributed by atoms with Crippen molar-refractivity contribution in [1.82, 2.24) is 10.0 Å². The van der Waals surface area contributed by atoms with Crippen LogP contribution in [-0.2, 0) is 14.8 Å². The summed E-state index contributed by atoms with van der Waals surface area (Å²) in [7, 11) is -2.41. The Labute approximate surface area is 160 Å². The monoisotopic (exact) mass is 400 g/mol. The van der Waals surface area contributed by atoms with Crippen LogP contribution in [-0.4, -0.2) is 34.0 Å². The summed E-state index contributed by atoms with van der Waals surface area (Å²) < 4.78 is 32.2. The summed E-state index contributed by atoms with van der Waals surface area (Å²) in [6.07, 6.45) is 7.64. The molecule has 1 aliphatic carbocycles. The van der Waals surface area contributed by atoms with Crippen LogP contribution in [0.4, 0.5) is 0 Å². The molecule has 26 heavy (non-hydrogen) atoms. The Morgan fingerprint density at radius 3 is 2.73 bits per heavy atom. The highest BCUT2D eigenvalue weighted by atomic mass is 35.5. The van der Waals surface area contributed by atoms with E-state index in [4.69, 9.17) is 16.3 Å². The Kier molecular flexibility index (Phi) is 7.49. The molecule has 1 atom stereocenters. The number of allylic oxidation sites excluding steroid dienone is 1. The first-order chi connectivity index (χ1) is 12.3. The molecule has 0 aromatic heterocycles. The number of hydrogen-bond acceptors (Lipinski definition) is 4. The number of rotatable bonds is 8. The number of amides is 1. The number of hydrogen-bond donors (Lipinski definition) is 2. The van der Waals surface area contributed by atoms with Gasteiger partial charge in [-0.3, -0.25) is 4.79 Å². The minimum Gasteiger partial charge on any atom is -0.495 e. The normalized spacial score (nSPS) is 15.9. The molecule has 0 aliphatic heterocycles. The van der Waals surface area contributed by atoms with Gasteiger partial charge in [0, 0.05) is 6.54 Å². The van der Waals surface area contributed by atoms with Crippen LogP contribution < -0.4 is 14.8 Å². The van der Waals surface area contributed by atoms with Crippen LogP contribution in [0.1, 0.15) is 39.0 Å². The Morgan fingerprint density at radius 2 is 2.12 bits per heavy atom. The number of sulfonamides is 1. The van der Waals surface area contributed by atoms with Crippen molar-refractivity contribution >= 4 is 27.5 Å². The maximum Gasteiger partial charge on any atom is 0.241 e. The Hall–Kier alpha value is -1.57. The first kappa shape index (κ1) is 20.7. The largest absolute Gasteiger partial charge is 0.495 e. The van der Waals surface area contributed by atoms with Gasteiger partial charge in [-0.25, -0.2) is 8.42 Å². The number of carbonyl (C=O) groups excluding carboxylic acids is 1. The highest BCUT2D eigenvalue weighted by Crippen LogP contribution is 2.27. The first-order valence-electron chi connectivity index (χ1n) is 8.65. The van der Waals surface area contributed by atoms with E-state index < -0.39 is 16.1 Å². The maximum atomic E-state index is 12.4. The molecule has 1 aromatic rings. The van der Waals surface area contributed by atoms with Crippen molar-refractivity contribution in [2.45, 2.75) is 50.0 Å². The fourth-order valence-corrected chi connectivity index (χ4v) is 4.35. The van der Waals surface area contributed by atoms with E-state index in [1.54, 1.807) is 0 Å². The molecule has 6 nitrogen and oxygen atoms in total. The van der Waals surface area contributed by atoms with Gasteiger partial charge in [-0.2, -0.15) is 4.72 Å². The standard InChI is InChI=1S/C18H25ClN2O4S/c1-13(18(22)20-11-10-14-6-4-3-5-7-14)21-26(23,24)15-8-9-17(25-2)16(19)12-15/h6,8-9,12-13,21H,3-5,7,10-11H2,1-2H3,(H,20,22)/t13-/m0/s1. The van der Waals surface area contributed by atoms with Gasteiger partial charge >= 0.3 is 0 Å². The van der Waals surface area contributed by atoms with Crippen molar-refractivity contribution in [3.05, 3.63) is 34.9 Å². The molecule has 0 saturated carbocycles. The van der Waals surface area contributed by atoms with E-state index in [0.717, 1.165) is 19.3 Å². The Bertz CT molecular complexity index is 777. The number of ether oxygens (including phenoxy) is 1. The molecular formula is C18H25ClN2O4S. The third-order valence-corrected chi connectivity index (χ3v) is 6.12. The summed E-state index contributed by atoms with van der Waals surface area (Å²) in [5.41, 5.74) is 1.36. The maximum absolute atomic E-state index is 12.4. The highest BCUT2D eigenvalue weighted by Gasteiger charge is 2.22. The zero-order valence-electron chi connectivity index (χ0n) is 15.0. The van der Waals surface area contributed by atoms with Gasteiger partial charge in [-0.05, 0) is 57.2 Å². The van der Waals surface area contributed by atoms with Crippen molar-refractivity contribution in [1.29, 1.82) is 0 Å². The van der Waals surface area contributed by atoms with Gasteiger partial charge in [0.25, 0.3) is 0 Å². The quantitative estimate of drug-likeness (QED) is 0.657. The second kappa shape index (κ2) is 9.39. The van der Waals surface area contributed by atoms with E-state index in [9.17, 15) is 13.2 Å². The van der Waals surface area contributed by atoms with Gasteiger partial charge in [0.2, 0.25) is 15.9 Å². The number of methoxy groups -OCH3 is 1. The molecule has 8 heteroatoms. The molecule has 2 rings (SSSR count).